The molecule has 0 bridgehead atoms. The Morgan fingerprint density at radius 1 is 1.19 bits per heavy atom. The average molecular weight is 292 g/mol. The van der Waals surface area contributed by atoms with Crippen molar-refractivity contribution in [2.75, 3.05) is 53.6 Å². The van der Waals surface area contributed by atoms with Gasteiger partial charge in [0.05, 0.1) is 7.11 Å². The van der Waals surface area contributed by atoms with Crippen molar-refractivity contribution < 1.29 is 14.3 Å². The Kier molecular flexibility index (Phi) is 6.02. The van der Waals surface area contributed by atoms with Gasteiger partial charge >= 0.3 is 0 Å². The summed E-state index contributed by atoms with van der Waals surface area (Å²) in [6.45, 7) is 5.25. The predicted molar refractivity (Wildman–Crippen MR) is 81.8 cm³/mol. The summed E-state index contributed by atoms with van der Waals surface area (Å²) in [5.41, 5.74) is 0.696. The number of ether oxygens (including phenoxy) is 2. The van der Waals surface area contributed by atoms with Crippen molar-refractivity contribution in [3.8, 4) is 5.75 Å². The highest BCUT2D eigenvalue weighted by Crippen LogP contribution is 2.15. The highest BCUT2D eigenvalue weighted by molar-refractivity contribution is 5.94. The van der Waals surface area contributed by atoms with Crippen molar-refractivity contribution >= 4 is 5.91 Å². The van der Waals surface area contributed by atoms with Crippen LogP contribution < -0.4 is 4.74 Å². The van der Waals surface area contributed by atoms with Crippen molar-refractivity contribution in [2.24, 2.45) is 0 Å². The Morgan fingerprint density at radius 2 is 1.95 bits per heavy atom. The third-order valence-electron chi connectivity index (χ3n) is 3.80. The lowest BCUT2D eigenvalue weighted by Gasteiger charge is -2.34. The molecule has 0 N–H and O–H groups in total. The zero-order valence-electron chi connectivity index (χ0n) is 12.9. The number of benzene rings is 1. The molecular weight excluding hydrogens is 268 g/mol. The summed E-state index contributed by atoms with van der Waals surface area (Å²) in [7, 11) is 3.34. The molecule has 2 rings (SSSR count). The summed E-state index contributed by atoms with van der Waals surface area (Å²) in [4.78, 5) is 16.8. The van der Waals surface area contributed by atoms with Crippen LogP contribution in [0, 0.1) is 0 Å². The molecule has 0 aliphatic carbocycles. The second-order valence-electron chi connectivity index (χ2n) is 5.21. The van der Waals surface area contributed by atoms with Crippen molar-refractivity contribution in [2.45, 2.75) is 6.42 Å². The normalized spacial score (nSPS) is 16.0. The van der Waals surface area contributed by atoms with Gasteiger partial charge in [-0.3, -0.25) is 9.69 Å². The maximum Gasteiger partial charge on any atom is 0.254 e. The van der Waals surface area contributed by atoms with E-state index in [1.54, 1.807) is 20.3 Å². The number of nitrogens with zero attached hydrogens (tertiary/aromatic N) is 2. The standard InChI is InChI=1S/C16H24N2O3/c1-20-12-4-7-17-8-10-18(11-9-17)16(19)14-5-3-6-15(13-14)21-2/h3,5-6,13H,4,7-12H2,1-2H3. The van der Waals surface area contributed by atoms with Crippen LogP contribution in [-0.4, -0.2) is 69.3 Å². The van der Waals surface area contributed by atoms with Crippen molar-refractivity contribution in [1.82, 2.24) is 9.80 Å². The highest BCUT2D eigenvalue weighted by Gasteiger charge is 2.21. The largest absolute Gasteiger partial charge is 0.497 e. The highest BCUT2D eigenvalue weighted by atomic mass is 16.5. The van der Waals surface area contributed by atoms with E-state index >= 15 is 0 Å². The van der Waals surface area contributed by atoms with Crippen LogP contribution in [0.3, 0.4) is 0 Å². The van der Waals surface area contributed by atoms with Gasteiger partial charge in [0.2, 0.25) is 0 Å². The smallest absolute Gasteiger partial charge is 0.254 e. The fourth-order valence-corrected chi connectivity index (χ4v) is 2.55. The summed E-state index contributed by atoms with van der Waals surface area (Å²) in [6, 6.07) is 7.35. The lowest BCUT2D eigenvalue weighted by molar-refractivity contribution is 0.0623. The maximum atomic E-state index is 12.5. The van der Waals surface area contributed by atoms with Gasteiger partial charge in [0, 0.05) is 52.0 Å². The van der Waals surface area contributed by atoms with E-state index in [-0.39, 0.29) is 5.91 Å². The molecule has 1 amide bonds. The van der Waals surface area contributed by atoms with Gasteiger partial charge < -0.3 is 14.4 Å². The van der Waals surface area contributed by atoms with Crippen molar-refractivity contribution in [3.05, 3.63) is 29.8 Å². The Bertz CT molecular complexity index is 457. The number of hydrogen-bond acceptors (Lipinski definition) is 4. The van der Waals surface area contributed by atoms with Gasteiger partial charge in [0.15, 0.2) is 0 Å². The Balaban J connectivity index is 1.85. The zero-order chi connectivity index (χ0) is 15.1. The van der Waals surface area contributed by atoms with Crippen LogP contribution in [0.25, 0.3) is 0 Å². The SMILES string of the molecule is COCCCN1CCN(C(=O)c2cccc(OC)c2)CC1. The average Bonchev–Trinajstić information content (AvgIpc) is 2.55. The van der Waals surface area contributed by atoms with E-state index < -0.39 is 0 Å². The second kappa shape index (κ2) is 8.00. The van der Waals surface area contributed by atoms with Crippen LogP contribution >= 0.6 is 0 Å². The summed E-state index contributed by atoms with van der Waals surface area (Å²) in [5.74, 6) is 0.810. The minimum absolute atomic E-state index is 0.0884. The molecule has 5 nitrogen and oxygen atoms in total. The lowest BCUT2D eigenvalue weighted by atomic mass is 10.1. The number of piperazine rings is 1. The molecule has 1 aromatic carbocycles. The van der Waals surface area contributed by atoms with Crippen molar-refractivity contribution in [1.29, 1.82) is 0 Å². The fourth-order valence-electron chi connectivity index (χ4n) is 2.55. The van der Waals surface area contributed by atoms with E-state index in [0.717, 1.165) is 51.5 Å². The fraction of sp³-hybridized carbons (Fsp3) is 0.562. The van der Waals surface area contributed by atoms with Gasteiger partial charge in [-0.2, -0.15) is 0 Å². The molecule has 1 aliphatic rings. The summed E-state index contributed by atoms with van der Waals surface area (Å²) >= 11 is 0. The number of hydrogen-bond donors (Lipinski definition) is 0. The van der Waals surface area contributed by atoms with Crippen LogP contribution in [0.2, 0.25) is 0 Å². The molecular formula is C16H24N2O3. The topological polar surface area (TPSA) is 42.0 Å². The van der Waals surface area contributed by atoms with Crippen molar-refractivity contribution in [3.63, 3.8) is 0 Å². The molecule has 1 fully saturated rings. The van der Waals surface area contributed by atoms with Gasteiger partial charge in [-0.25, -0.2) is 0 Å². The first-order valence-corrected chi connectivity index (χ1v) is 7.39. The predicted octanol–water partition coefficient (Wildman–Crippen LogP) is 1.49. The van der Waals surface area contributed by atoms with E-state index in [1.165, 1.54) is 0 Å². The number of carbonyl (C=O) groups excluding carboxylic acids is 1. The van der Waals surface area contributed by atoms with Gasteiger partial charge in [-0.05, 0) is 24.6 Å². The molecule has 116 valence electrons. The van der Waals surface area contributed by atoms with Gasteiger partial charge in [0.1, 0.15) is 5.75 Å². The Morgan fingerprint density at radius 3 is 2.62 bits per heavy atom. The third kappa shape index (κ3) is 4.44. The van der Waals surface area contributed by atoms with Crippen LogP contribution in [0.1, 0.15) is 16.8 Å². The molecule has 1 aromatic rings. The van der Waals surface area contributed by atoms with E-state index in [2.05, 4.69) is 4.90 Å². The van der Waals surface area contributed by atoms with Crippen LogP contribution in [0.15, 0.2) is 24.3 Å². The molecule has 1 heterocycles. The minimum Gasteiger partial charge on any atom is -0.497 e. The molecule has 0 spiro atoms. The number of methoxy groups -OCH3 is 2. The maximum absolute atomic E-state index is 12.5. The van der Waals surface area contributed by atoms with Crippen LogP contribution in [0.5, 0.6) is 5.75 Å². The molecule has 5 heteroatoms. The molecule has 21 heavy (non-hydrogen) atoms. The molecule has 0 saturated carbocycles. The molecule has 0 radical (unpaired) electrons. The van der Waals surface area contributed by atoms with Crippen LogP contribution in [0.4, 0.5) is 0 Å². The van der Waals surface area contributed by atoms with E-state index in [1.807, 2.05) is 23.1 Å². The molecule has 1 aliphatic heterocycles. The number of amides is 1. The molecule has 1 saturated heterocycles. The van der Waals surface area contributed by atoms with E-state index in [4.69, 9.17) is 9.47 Å². The Labute approximate surface area is 126 Å². The first kappa shape index (κ1) is 15.8. The summed E-state index contributed by atoms with van der Waals surface area (Å²) in [5, 5.41) is 0. The van der Waals surface area contributed by atoms with Gasteiger partial charge in [-0.1, -0.05) is 6.07 Å². The molecule has 0 atom stereocenters. The van der Waals surface area contributed by atoms with Gasteiger partial charge in [0.25, 0.3) is 5.91 Å². The Hall–Kier alpha value is -1.59. The lowest BCUT2D eigenvalue weighted by Crippen LogP contribution is -2.48. The molecule has 0 aromatic heterocycles. The zero-order valence-corrected chi connectivity index (χ0v) is 12.9. The molecule has 0 unspecified atom stereocenters. The van der Waals surface area contributed by atoms with E-state index in [9.17, 15) is 4.79 Å². The number of carbonyl (C=O) groups is 1. The second-order valence-corrected chi connectivity index (χ2v) is 5.21. The summed E-state index contributed by atoms with van der Waals surface area (Å²) in [6.07, 6.45) is 1.04. The van der Waals surface area contributed by atoms with E-state index in [0.29, 0.717) is 5.56 Å². The van der Waals surface area contributed by atoms with Crippen LogP contribution in [-0.2, 0) is 4.74 Å². The van der Waals surface area contributed by atoms with Gasteiger partial charge in [-0.15, -0.1) is 0 Å². The first-order chi connectivity index (χ1) is 10.2. The third-order valence-corrected chi connectivity index (χ3v) is 3.80. The first-order valence-electron chi connectivity index (χ1n) is 7.39. The monoisotopic (exact) mass is 292 g/mol. The quantitative estimate of drug-likeness (QED) is 0.745. The minimum atomic E-state index is 0.0884. The summed E-state index contributed by atoms with van der Waals surface area (Å²) < 4.78 is 10.2. The number of rotatable bonds is 6.